The molecule has 88 valence electrons. The second-order valence-corrected chi connectivity index (χ2v) is 5.05. The molecule has 0 radical (unpaired) electrons. The van der Waals surface area contributed by atoms with Gasteiger partial charge in [-0.1, -0.05) is 12.8 Å². The van der Waals surface area contributed by atoms with Crippen molar-refractivity contribution in [2.45, 2.75) is 50.6 Å². The number of nitrogens with one attached hydrogen (secondary N) is 1. The van der Waals surface area contributed by atoms with Gasteiger partial charge in [0.25, 0.3) is 0 Å². The molecule has 2 fully saturated rings. The molecule has 1 aliphatic heterocycles. The Bertz CT molecular complexity index is 170. The molecule has 3 N–H and O–H groups in total. The first-order valence-electron chi connectivity index (χ1n) is 6.57. The van der Waals surface area contributed by atoms with Gasteiger partial charge in [0.05, 0.1) is 0 Å². The van der Waals surface area contributed by atoms with Gasteiger partial charge in [-0.15, -0.1) is 0 Å². The lowest BCUT2D eigenvalue weighted by atomic mass is 10.0. The lowest BCUT2D eigenvalue weighted by Gasteiger charge is -2.33. The van der Waals surface area contributed by atoms with E-state index in [9.17, 15) is 0 Å². The highest BCUT2D eigenvalue weighted by Gasteiger charge is 2.22. The second-order valence-electron chi connectivity index (χ2n) is 5.05. The second kappa shape index (κ2) is 5.83. The Morgan fingerprint density at radius 1 is 1.00 bits per heavy atom. The van der Waals surface area contributed by atoms with Crippen molar-refractivity contribution in [1.82, 2.24) is 10.2 Å². The maximum absolute atomic E-state index is 5.57. The van der Waals surface area contributed by atoms with E-state index in [-0.39, 0.29) is 0 Å². The summed E-state index contributed by atoms with van der Waals surface area (Å²) in [6.07, 6.45) is 8.31. The monoisotopic (exact) mass is 211 g/mol. The van der Waals surface area contributed by atoms with Gasteiger partial charge in [-0.25, -0.2) is 0 Å². The van der Waals surface area contributed by atoms with Crippen LogP contribution < -0.4 is 11.1 Å². The molecule has 0 unspecified atom stereocenters. The van der Waals surface area contributed by atoms with Gasteiger partial charge in [0.15, 0.2) is 0 Å². The minimum absolute atomic E-state index is 0.780. The summed E-state index contributed by atoms with van der Waals surface area (Å²) in [4.78, 5) is 2.49. The van der Waals surface area contributed by atoms with Crippen LogP contribution in [-0.4, -0.2) is 43.2 Å². The predicted molar refractivity (Wildman–Crippen MR) is 63.9 cm³/mol. The van der Waals surface area contributed by atoms with Crippen molar-refractivity contribution < 1.29 is 0 Å². The number of likely N-dealkylation sites (tertiary alicyclic amines) is 1. The van der Waals surface area contributed by atoms with Crippen LogP contribution in [0.5, 0.6) is 0 Å². The third-order valence-electron chi connectivity index (χ3n) is 3.86. The van der Waals surface area contributed by atoms with E-state index in [1.807, 2.05) is 0 Å². The van der Waals surface area contributed by atoms with Crippen LogP contribution in [0.1, 0.15) is 38.5 Å². The summed E-state index contributed by atoms with van der Waals surface area (Å²) >= 11 is 0. The Kier molecular flexibility index (Phi) is 4.42. The van der Waals surface area contributed by atoms with E-state index in [4.69, 9.17) is 5.73 Å². The summed E-state index contributed by atoms with van der Waals surface area (Å²) < 4.78 is 0. The Morgan fingerprint density at radius 3 is 2.20 bits per heavy atom. The van der Waals surface area contributed by atoms with Crippen LogP contribution in [0, 0.1) is 0 Å². The molecular formula is C12H25N3. The maximum Gasteiger partial charge on any atom is 0.0105 e. The van der Waals surface area contributed by atoms with Crippen LogP contribution in [0.25, 0.3) is 0 Å². The van der Waals surface area contributed by atoms with E-state index < -0.39 is 0 Å². The molecule has 2 rings (SSSR count). The number of hydrogen-bond donors (Lipinski definition) is 2. The number of nitrogens with zero attached hydrogens (tertiary/aromatic N) is 1. The maximum atomic E-state index is 5.57. The van der Waals surface area contributed by atoms with Gasteiger partial charge in [0.1, 0.15) is 0 Å². The van der Waals surface area contributed by atoms with Crippen LogP contribution in [0.3, 0.4) is 0 Å². The van der Waals surface area contributed by atoms with Gasteiger partial charge in [0.2, 0.25) is 0 Å². The first-order chi connectivity index (χ1) is 7.38. The Morgan fingerprint density at radius 2 is 1.60 bits per heavy atom. The van der Waals surface area contributed by atoms with Crippen LogP contribution in [0.15, 0.2) is 0 Å². The van der Waals surface area contributed by atoms with Crippen molar-refractivity contribution in [2.24, 2.45) is 5.73 Å². The summed E-state index contributed by atoms with van der Waals surface area (Å²) in [6.45, 7) is 4.36. The third kappa shape index (κ3) is 3.44. The quantitative estimate of drug-likeness (QED) is 0.727. The first kappa shape index (κ1) is 11.4. The average Bonchev–Trinajstić information content (AvgIpc) is 2.74. The molecule has 3 nitrogen and oxygen atoms in total. The molecule has 2 aliphatic rings. The topological polar surface area (TPSA) is 41.3 Å². The zero-order chi connectivity index (χ0) is 10.5. The van der Waals surface area contributed by atoms with Crippen LogP contribution in [0.4, 0.5) is 0 Å². The van der Waals surface area contributed by atoms with Crippen molar-refractivity contribution in [1.29, 1.82) is 0 Å². The molecule has 3 heteroatoms. The highest BCUT2D eigenvalue weighted by molar-refractivity contribution is 4.82. The molecule has 0 aromatic heterocycles. The lowest BCUT2D eigenvalue weighted by Crippen LogP contribution is -2.46. The van der Waals surface area contributed by atoms with Gasteiger partial charge in [-0.3, -0.25) is 0 Å². The van der Waals surface area contributed by atoms with E-state index in [1.165, 1.54) is 51.6 Å². The van der Waals surface area contributed by atoms with Gasteiger partial charge < -0.3 is 16.0 Å². The van der Waals surface area contributed by atoms with E-state index in [0.29, 0.717) is 0 Å². The summed E-state index contributed by atoms with van der Waals surface area (Å²) in [5.41, 5.74) is 5.57. The summed E-state index contributed by atoms with van der Waals surface area (Å²) in [5.74, 6) is 0. The molecule has 0 aromatic carbocycles. The van der Waals surface area contributed by atoms with Crippen LogP contribution in [-0.2, 0) is 0 Å². The third-order valence-corrected chi connectivity index (χ3v) is 3.86. The Balaban J connectivity index is 1.64. The molecule has 0 bridgehead atoms. The first-order valence-corrected chi connectivity index (χ1v) is 6.57. The standard InChI is InChI=1S/C12H25N3/c13-7-10-15-8-5-12(6-9-15)14-11-3-1-2-4-11/h11-12,14H,1-10,13H2. The van der Waals surface area contributed by atoms with Crippen molar-refractivity contribution in [3.63, 3.8) is 0 Å². The highest BCUT2D eigenvalue weighted by atomic mass is 15.1. The van der Waals surface area contributed by atoms with Crippen molar-refractivity contribution in [3.05, 3.63) is 0 Å². The van der Waals surface area contributed by atoms with E-state index >= 15 is 0 Å². The van der Waals surface area contributed by atoms with Gasteiger partial charge in [0, 0.05) is 25.2 Å². The molecule has 1 saturated carbocycles. The molecule has 0 spiro atoms. The van der Waals surface area contributed by atoms with E-state index in [0.717, 1.165) is 25.2 Å². The zero-order valence-electron chi connectivity index (χ0n) is 9.75. The van der Waals surface area contributed by atoms with E-state index in [1.54, 1.807) is 0 Å². The SMILES string of the molecule is NCCN1CCC(NC2CCCC2)CC1. The minimum Gasteiger partial charge on any atom is -0.329 e. The molecule has 0 atom stereocenters. The Hall–Kier alpha value is -0.120. The number of nitrogens with two attached hydrogens (primary N) is 1. The molecule has 15 heavy (non-hydrogen) atoms. The van der Waals surface area contributed by atoms with Gasteiger partial charge >= 0.3 is 0 Å². The minimum atomic E-state index is 0.780. The van der Waals surface area contributed by atoms with Gasteiger partial charge in [-0.2, -0.15) is 0 Å². The van der Waals surface area contributed by atoms with E-state index in [2.05, 4.69) is 10.2 Å². The normalized spacial score (nSPS) is 26.2. The summed E-state index contributed by atoms with van der Waals surface area (Å²) in [5, 5.41) is 3.82. The number of rotatable bonds is 4. The zero-order valence-corrected chi connectivity index (χ0v) is 9.75. The largest absolute Gasteiger partial charge is 0.329 e. The Labute approximate surface area is 93.4 Å². The average molecular weight is 211 g/mol. The molecule has 0 aromatic rings. The summed E-state index contributed by atoms with van der Waals surface area (Å²) in [6, 6.07) is 1.61. The molecule has 0 amide bonds. The fourth-order valence-corrected chi connectivity index (χ4v) is 2.93. The lowest BCUT2D eigenvalue weighted by molar-refractivity contribution is 0.195. The number of piperidine rings is 1. The van der Waals surface area contributed by atoms with Crippen LogP contribution >= 0.6 is 0 Å². The molecule has 1 saturated heterocycles. The molecule has 1 aliphatic carbocycles. The van der Waals surface area contributed by atoms with Crippen LogP contribution in [0.2, 0.25) is 0 Å². The molecular weight excluding hydrogens is 186 g/mol. The molecule has 1 heterocycles. The fraction of sp³-hybridized carbons (Fsp3) is 1.00. The fourth-order valence-electron chi connectivity index (χ4n) is 2.93. The van der Waals surface area contributed by atoms with Crippen molar-refractivity contribution in [3.8, 4) is 0 Å². The van der Waals surface area contributed by atoms with Crippen molar-refractivity contribution >= 4 is 0 Å². The van der Waals surface area contributed by atoms with Gasteiger partial charge in [-0.05, 0) is 38.8 Å². The smallest absolute Gasteiger partial charge is 0.0105 e. The van der Waals surface area contributed by atoms with Crippen molar-refractivity contribution in [2.75, 3.05) is 26.2 Å². The predicted octanol–water partition coefficient (Wildman–Crippen LogP) is 0.942. The summed E-state index contributed by atoms with van der Waals surface area (Å²) in [7, 11) is 0. The highest BCUT2D eigenvalue weighted by Crippen LogP contribution is 2.20. The number of hydrogen-bond acceptors (Lipinski definition) is 3.